The van der Waals surface area contributed by atoms with Crippen LogP contribution < -0.4 is 10.2 Å². The maximum Gasteiger partial charge on any atom is 0.264 e. The van der Waals surface area contributed by atoms with E-state index in [1.54, 1.807) is 24.4 Å². The summed E-state index contributed by atoms with van der Waals surface area (Å²) in [5.41, 5.74) is 3.23. The standard InChI is InChI=1S/C22H23BrN4O3/c1-25-8-10-26(11-9-25)17-5-3-16(4-6-17)24-13-20-19-12-15(23)2-7-18(19)21(29)27(14-28)22(20)30/h2-7,12-13,24,28H,8-11,14H2,1H3/b20-13-. The molecular weight excluding hydrogens is 448 g/mol. The van der Waals surface area contributed by atoms with Crippen molar-refractivity contribution in [3.05, 3.63) is 64.3 Å². The molecule has 7 nitrogen and oxygen atoms in total. The van der Waals surface area contributed by atoms with Crippen molar-refractivity contribution in [3.63, 3.8) is 0 Å². The van der Waals surface area contributed by atoms with Crippen molar-refractivity contribution < 1.29 is 14.7 Å². The lowest BCUT2D eigenvalue weighted by molar-refractivity contribution is -0.125. The molecule has 156 valence electrons. The second-order valence-electron chi connectivity index (χ2n) is 7.41. The Kier molecular flexibility index (Phi) is 5.90. The van der Waals surface area contributed by atoms with E-state index in [-0.39, 0.29) is 0 Å². The number of imide groups is 1. The zero-order chi connectivity index (χ0) is 21.3. The molecule has 2 N–H and O–H groups in total. The summed E-state index contributed by atoms with van der Waals surface area (Å²) in [4.78, 5) is 30.7. The van der Waals surface area contributed by atoms with Crippen LogP contribution >= 0.6 is 15.9 Å². The monoisotopic (exact) mass is 470 g/mol. The molecule has 2 aliphatic heterocycles. The van der Waals surface area contributed by atoms with E-state index in [0.29, 0.717) is 16.7 Å². The van der Waals surface area contributed by atoms with Gasteiger partial charge in [0.15, 0.2) is 0 Å². The summed E-state index contributed by atoms with van der Waals surface area (Å²) in [6, 6.07) is 13.2. The number of aliphatic hydroxyl groups excluding tert-OH is 1. The first kappa shape index (κ1) is 20.6. The summed E-state index contributed by atoms with van der Waals surface area (Å²) in [6.07, 6.45) is 1.59. The lowest BCUT2D eigenvalue weighted by Gasteiger charge is -2.34. The number of aliphatic hydroxyl groups is 1. The van der Waals surface area contributed by atoms with Crippen LogP contribution in [0, 0.1) is 0 Å². The van der Waals surface area contributed by atoms with E-state index in [1.807, 2.05) is 12.1 Å². The van der Waals surface area contributed by atoms with Gasteiger partial charge in [-0.05, 0) is 49.5 Å². The van der Waals surface area contributed by atoms with Gasteiger partial charge in [-0.15, -0.1) is 0 Å². The third kappa shape index (κ3) is 3.98. The molecule has 0 aromatic heterocycles. The highest BCUT2D eigenvalue weighted by Gasteiger charge is 2.34. The van der Waals surface area contributed by atoms with Gasteiger partial charge in [0.1, 0.15) is 6.73 Å². The van der Waals surface area contributed by atoms with Crippen LogP contribution in [0.2, 0.25) is 0 Å². The van der Waals surface area contributed by atoms with Crippen molar-refractivity contribution in [1.82, 2.24) is 9.80 Å². The van der Waals surface area contributed by atoms with Gasteiger partial charge < -0.3 is 20.2 Å². The first-order chi connectivity index (χ1) is 14.5. The third-order valence-electron chi connectivity index (χ3n) is 5.48. The van der Waals surface area contributed by atoms with E-state index in [2.05, 4.69) is 50.2 Å². The minimum Gasteiger partial charge on any atom is -0.376 e. The molecule has 0 unspecified atom stereocenters. The number of carbonyl (C=O) groups excluding carboxylic acids is 2. The number of halogens is 1. The van der Waals surface area contributed by atoms with Crippen LogP contribution in [0.15, 0.2) is 53.1 Å². The van der Waals surface area contributed by atoms with Crippen LogP contribution in [-0.2, 0) is 4.79 Å². The van der Waals surface area contributed by atoms with E-state index in [1.165, 1.54) is 5.69 Å². The maximum atomic E-state index is 12.8. The topological polar surface area (TPSA) is 76.1 Å². The highest BCUT2D eigenvalue weighted by Crippen LogP contribution is 2.31. The molecule has 1 fully saturated rings. The first-order valence-corrected chi connectivity index (χ1v) is 10.5. The summed E-state index contributed by atoms with van der Waals surface area (Å²) in [7, 11) is 2.13. The Hall–Kier alpha value is -2.68. The SMILES string of the molecule is CN1CCN(c2ccc(N/C=C3\C(=O)N(CO)C(=O)c4ccc(Br)cc43)cc2)CC1. The quantitative estimate of drug-likeness (QED) is 0.528. The molecule has 1 saturated heterocycles. The summed E-state index contributed by atoms with van der Waals surface area (Å²) in [5.74, 6) is -1.03. The van der Waals surface area contributed by atoms with E-state index in [9.17, 15) is 14.7 Å². The number of anilines is 2. The smallest absolute Gasteiger partial charge is 0.264 e. The Morgan fingerprint density at radius 2 is 1.70 bits per heavy atom. The van der Waals surface area contributed by atoms with Gasteiger partial charge in [-0.1, -0.05) is 15.9 Å². The number of carbonyl (C=O) groups is 2. The second kappa shape index (κ2) is 8.59. The first-order valence-electron chi connectivity index (χ1n) is 9.75. The molecule has 30 heavy (non-hydrogen) atoms. The van der Waals surface area contributed by atoms with Crippen molar-refractivity contribution in [2.75, 3.05) is 50.2 Å². The van der Waals surface area contributed by atoms with E-state index in [0.717, 1.165) is 41.2 Å². The average molecular weight is 471 g/mol. The molecule has 0 radical (unpaired) electrons. The van der Waals surface area contributed by atoms with E-state index < -0.39 is 18.5 Å². The molecule has 2 amide bonds. The largest absolute Gasteiger partial charge is 0.376 e. The number of hydrogen-bond acceptors (Lipinski definition) is 6. The highest BCUT2D eigenvalue weighted by atomic mass is 79.9. The second-order valence-corrected chi connectivity index (χ2v) is 8.32. The minimum atomic E-state index is -0.662. The molecule has 2 aliphatic rings. The Balaban J connectivity index is 1.57. The number of nitrogens with zero attached hydrogens (tertiary/aromatic N) is 3. The molecule has 0 bridgehead atoms. The van der Waals surface area contributed by atoms with Gasteiger partial charge in [-0.3, -0.25) is 14.5 Å². The predicted molar refractivity (Wildman–Crippen MR) is 120 cm³/mol. The number of hydrogen-bond donors (Lipinski definition) is 2. The Bertz CT molecular complexity index is 998. The Morgan fingerprint density at radius 3 is 2.37 bits per heavy atom. The van der Waals surface area contributed by atoms with Crippen LogP contribution in [0.25, 0.3) is 5.57 Å². The fourth-order valence-electron chi connectivity index (χ4n) is 3.68. The van der Waals surface area contributed by atoms with Crippen molar-refractivity contribution in [2.24, 2.45) is 0 Å². The van der Waals surface area contributed by atoms with Crippen LogP contribution in [0.1, 0.15) is 15.9 Å². The Morgan fingerprint density at radius 1 is 1.00 bits per heavy atom. The molecule has 0 atom stereocenters. The summed E-state index contributed by atoms with van der Waals surface area (Å²) in [5, 5.41) is 12.7. The number of benzene rings is 2. The maximum absolute atomic E-state index is 12.8. The van der Waals surface area contributed by atoms with Crippen LogP contribution in [0.3, 0.4) is 0 Å². The van der Waals surface area contributed by atoms with Gasteiger partial charge in [-0.25, -0.2) is 0 Å². The van der Waals surface area contributed by atoms with Gasteiger partial charge in [0, 0.05) is 59.4 Å². The van der Waals surface area contributed by atoms with E-state index >= 15 is 0 Å². The van der Waals surface area contributed by atoms with Crippen molar-refractivity contribution in [1.29, 1.82) is 0 Å². The van der Waals surface area contributed by atoms with Gasteiger partial charge in [0.25, 0.3) is 11.8 Å². The zero-order valence-electron chi connectivity index (χ0n) is 16.6. The molecule has 8 heteroatoms. The third-order valence-corrected chi connectivity index (χ3v) is 5.98. The molecule has 2 aromatic carbocycles. The number of piperazine rings is 1. The van der Waals surface area contributed by atoms with Gasteiger partial charge in [0.05, 0.1) is 5.57 Å². The van der Waals surface area contributed by atoms with Crippen LogP contribution in [0.5, 0.6) is 0 Å². The molecule has 0 aliphatic carbocycles. The lowest BCUT2D eigenvalue weighted by Crippen LogP contribution is -2.44. The van der Waals surface area contributed by atoms with Gasteiger partial charge in [0.2, 0.25) is 0 Å². The fraction of sp³-hybridized carbons (Fsp3) is 0.273. The van der Waals surface area contributed by atoms with Crippen molar-refractivity contribution in [3.8, 4) is 0 Å². The number of amides is 2. The molecule has 4 rings (SSSR count). The minimum absolute atomic E-state index is 0.322. The van der Waals surface area contributed by atoms with Crippen LogP contribution in [0.4, 0.5) is 11.4 Å². The van der Waals surface area contributed by atoms with Crippen LogP contribution in [-0.4, -0.2) is 66.7 Å². The average Bonchev–Trinajstić information content (AvgIpc) is 2.75. The summed E-state index contributed by atoms with van der Waals surface area (Å²) < 4.78 is 0.765. The van der Waals surface area contributed by atoms with Gasteiger partial charge >= 0.3 is 0 Å². The molecule has 0 saturated carbocycles. The normalized spacial score (nSPS) is 18.7. The van der Waals surface area contributed by atoms with Crippen molar-refractivity contribution >= 4 is 44.7 Å². The Labute approximate surface area is 183 Å². The van der Waals surface area contributed by atoms with Crippen molar-refractivity contribution in [2.45, 2.75) is 0 Å². The van der Waals surface area contributed by atoms with E-state index in [4.69, 9.17) is 0 Å². The fourth-order valence-corrected chi connectivity index (χ4v) is 4.04. The zero-order valence-corrected chi connectivity index (χ0v) is 18.2. The number of nitrogens with one attached hydrogen (secondary N) is 1. The molecular formula is C22H23BrN4O3. The number of rotatable bonds is 4. The predicted octanol–water partition coefficient (Wildman–Crippen LogP) is 2.59. The molecule has 2 aromatic rings. The van der Waals surface area contributed by atoms with Gasteiger partial charge in [-0.2, -0.15) is 0 Å². The molecule has 2 heterocycles. The number of likely N-dealkylation sites (N-methyl/N-ethyl adjacent to an activating group) is 1. The summed E-state index contributed by atoms with van der Waals surface area (Å²) >= 11 is 3.39. The summed E-state index contributed by atoms with van der Waals surface area (Å²) in [6.45, 7) is 3.42. The highest BCUT2D eigenvalue weighted by molar-refractivity contribution is 9.10. The molecule has 0 spiro atoms. The lowest BCUT2D eigenvalue weighted by atomic mass is 9.94. The number of fused-ring (bicyclic) bond motifs is 1.